The number of imidazole rings is 1. The Kier molecular flexibility index (Phi) is 4.56. The van der Waals surface area contributed by atoms with Crippen molar-refractivity contribution in [3.05, 3.63) is 66.3 Å². The molecule has 2 aromatic heterocycles. The van der Waals surface area contributed by atoms with Gasteiger partial charge >= 0.3 is 0 Å². The quantitative estimate of drug-likeness (QED) is 0.556. The van der Waals surface area contributed by atoms with Crippen molar-refractivity contribution in [1.82, 2.24) is 25.0 Å². The van der Waals surface area contributed by atoms with Crippen LogP contribution in [-0.4, -0.2) is 25.6 Å². The van der Waals surface area contributed by atoms with Gasteiger partial charge in [0.05, 0.1) is 23.9 Å². The number of hydrogen-bond donors (Lipinski definition) is 1. The van der Waals surface area contributed by atoms with Gasteiger partial charge in [0.15, 0.2) is 0 Å². The van der Waals surface area contributed by atoms with Crippen molar-refractivity contribution in [3.8, 4) is 11.4 Å². The predicted octanol–water partition coefficient (Wildman–Crippen LogP) is 4.13. The first-order chi connectivity index (χ1) is 14.3. The van der Waals surface area contributed by atoms with E-state index < -0.39 is 0 Å². The smallest absolute Gasteiger partial charge is 0.251 e. The average Bonchev–Trinajstić information content (AvgIpc) is 3.52. The Morgan fingerprint density at radius 1 is 1.14 bits per heavy atom. The Labute approximate surface area is 167 Å². The van der Waals surface area contributed by atoms with E-state index in [0.29, 0.717) is 23.3 Å². The van der Waals surface area contributed by atoms with Crippen molar-refractivity contribution >= 4 is 16.9 Å². The Morgan fingerprint density at radius 3 is 2.79 bits per heavy atom. The van der Waals surface area contributed by atoms with Crippen LogP contribution in [0.3, 0.4) is 0 Å². The molecule has 0 radical (unpaired) electrons. The number of nitrogens with zero attached hydrogens (tertiary/aromatic N) is 4. The molecule has 1 N–H and O–H groups in total. The lowest BCUT2D eigenvalue weighted by Crippen LogP contribution is -2.22. The highest BCUT2D eigenvalue weighted by Crippen LogP contribution is 2.32. The van der Waals surface area contributed by atoms with Crippen molar-refractivity contribution in [2.24, 2.45) is 0 Å². The zero-order valence-electron chi connectivity index (χ0n) is 15.9. The van der Waals surface area contributed by atoms with Gasteiger partial charge < -0.3 is 14.4 Å². The van der Waals surface area contributed by atoms with E-state index in [-0.39, 0.29) is 12.5 Å². The monoisotopic (exact) mass is 387 g/mol. The van der Waals surface area contributed by atoms with E-state index >= 15 is 0 Å². The van der Waals surface area contributed by atoms with Gasteiger partial charge in [0, 0.05) is 17.2 Å². The van der Waals surface area contributed by atoms with Crippen LogP contribution >= 0.6 is 0 Å². The highest BCUT2D eigenvalue weighted by Gasteiger charge is 2.19. The predicted molar refractivity (Wildman–Crippen MR) is 108 cm³/mol. The lowest BCUT2D eigenvalue weighted by atomic mass is 10.1. The maximum Gasteiger partial charge on any atom is 0.251 e. The number of amides is 1. The van der Waals surface area contributed by atoms with E-state index in [1.165, 1.54) is 25.7 Å². The zero-order valence-corrected chi connectivity index (χ0v) is 15.9. The molecule has 146 valence electrons. The van der Waals surface area contributed by atoms with Crippen molar-refractivity contribution in [2.75, 3.05) is 0 Å². The SMILES string of the molecule is O=C(NCc1nc(-c2ccc3c(c2)ncn3C2CCCC2)no1)c1ccccc1. The third-order valence-electron chi connectivity index (χ3n) is 5.46. The van der Waals surface area contributed by atoms with Gasteiger partial charge in [-0.1, -0.05) is 36.2 Å². The summed E-state index contributed by atoms with van der Waals surface area (Å²) in [4.78, 5) is 21.1. The van der Waals surface area contributed by atoms with Crippen LogP contribution in [0.4, 0.5) is 0 Å². The Bertz CT molecular complexity index is 1140. The molecule has 0 unspecified atom stereocenters. The molecule has 7 nitrogen and oxygen atoms in total. The van der Waals surface area contributed by atoms with Crippen LogP contribution < -0.4 is 5.32 Å². The summed E-state index contributed by atoms with van der Waals surface area (Å²) in [5.41, 5.74) is 3.51. The summed E-state index contributed by atoms with van der Waals surface area (Å²) in [6, 6.07) is 15.6. The molecule has 5 rings (SSSR count). The highest BCUT2D eigenvalue weighted by atomic mass is 16.5. The molecule has 0 spiro atoms. The maximum atomic E-state index is 12.1. The molecule has 29 heavy (non-hydrogen) atoms. The van der Waals surface area contributed by atoms with Crippen LogP contribution in [0.15, 0.2) is 59.4 Å². The second-order valence-corrected chi connectivity index (χ2v) is 7.35. The van der Waals surface area contributed by atoms with Gasteiger partial charge in [-0.2, -0.15) is 4.98 Å². The van der Waals surface area contributed by atoms with Crippen LogP contribution in [0, 0.1) is 0 Å². The molecule has 0 bridgehead atoms. The molecule has 4 aromatic rings. The van der Waals surface area contributed by atoms with Crippen LogP contribution in [0.2, 0.25) is 0 Å². The lowest BCUT2D eigenvalue weighted by molar-refractivity contribution is 0.0946. The van der Waals surface area contributed by atoms with Crippen LogP contribution in [0.5, 0.6) is 0 Å². The van der Waals surface area contributed by atoms with E-state index in [1.807, 2.05) is 36.7 Å². The molecule has 0 atom stereocenters. The van der Waals surface area contributed by atoms with Crippen LogP contribution in [-0.2, 0) is 6.54 Å². The molecule has 1 aliphatic carbocycles. The normalized spacial score (nSPS) is 14.5. The van der Waals surface area contributed by atoms with E-state index in [2.05, 4.69) is 31.1 Å². The number of fused-ring (bicyclic) bond motifs is 1. The fraction of sp³-hybridized carbons (Fsp3) is 0.273. The molecule has 2 heterocycles. The zero-order chi connectivity index (χ0) is 19.6. The van der Waals surface area contributed by atoms with E-state index in [1.54, 1.807) is 12.1 Å². The number of hydrogen-bond acceptors (Lipinski definition) is 5. The van der Waals surface area contributed by atoms with Crippen molar-refractivity contribution in [3.63, 3.8) is 0 Å². The summed E-state index contributed by atoms with van der Waals surface area (Å²) in [7, 11) is 0. The number of benzene rings is 2. The van der Waals surface area contributed by atoms with Gasteiger partial charge in [0.1, 0.15) is 0 Å². The van der Waals surface area contributed by atoms with Gasteiger partial charge in [-0.3, -0.25) is 4.79 Å². The lowest BCUT2D eigenvalue weighted by Gasteiger charge is -2.11. The largest absolute Gasteiger partial charge is 0.343 e. The van der Waals surface area contributed by atoms with E-state index in [0.717, 1.165) is 16.6 Å². The van der Waals surface area contributed by atoms with Crippen molar-refractivity contribution in [1.29, 1.82) is 0 Å². The van der Waals surface area contributed by atoms with Gasteiger partial charge in [0.25, 0.3) is 5.91 Å². The summed E-state index contributed by atoms with van der Waals surface area (Å²) < 4.78 is 7.59. The van der Waals surface area contributed by atoms with E-state index in [4.69, 9.17) is 4.52 Å². The molecule has 2 aromatic carbocycles. The minimum atomic E-state index is -0.177. The second kappa shape index (κ2) is 7.50. The van der Waals surface area contributed by atoms with Crippen LogP contribution in [0.1, 0.15) is 48.0 Å². The topological polar surface area (TPSA) is 85.8 Å². The van der Waals surface area contributed by atoms with Crippen molar-refractivity contribution in [2.45, 2.75) is 38.3 Å². The molecule has 7 heteroatoms. The summed E-state index contributed by atoms with van der Waals surface area (Å²) in [6.07, 6.45) is 6.95. The minimum absolute atomic E-state index is 0.177. The third-order valence-corrected chi connectivity index (χ3v) is 5.46. The number of aromatic nitrogens is 4. The van der Waals surface area contributed by atoms with Gasteiger partial charge in [0.2, 0.25) is 11.7 Å². The van der Waals surface area contributed by atoms with Gasteiger partial charge in [-0.15, -0.1) is 0 Å². The second-order valence-electron chi connectivity index (χ2n) is 7.35. The first-order valence-electron chi connectivity index (χ1n) is 9.91. The first-order valence-corrected chi connectivity index (χ1v) is 9.91. The van der Waals surface area contributed by atoms with Crippen LogP contribution in [0.25, 0.3) is 22.4 Å². The van der Waals surface area contributed by atoms with Gasteiger partial charge in [-0.05, 0) is 43.2 Å². The first kappa shape index (κ1) is 17.6. The molecular weight excluding hydrogens is 366 g/mol. The molecule has 1 saturated carbocycles. The number of carbonyl (C=O) groups is 1. The molecule has 0 aliphatic heterocycles. The van der Waals surface area contributed by atoms with Gasteiger partial charge in [-0.25, -0.2) is 4.98 Å². The third kappa shape index (κ3) is 3.51. The van der Waals surface area contributed by atoms with E-state index in [9.17, 15) is 4.79 Å². The Hall–Kier alpha value is -3.48. The number of nitrogens with one attached hydrogen (secondary N) is 1. The molecule has 0 saturated heterocycles. The maximum absolute atomic E-state index is 12.1. The average molecular weight is 387 g/mol. The molecule has 1 aliphatic rings. The molecule has 1 fully saturated rings. The molecular formula is C22H21N5O2. The Morgan fingerprint density at radius 2 is 1.97 bits per heavy atom. The standard InChI is InChI=1S/C22H21N5O2/c28-22(15-6-2-1-3-7-15)23-13-20-25-21(26-29-20)16-10-11-19-18(12-16)24-14-27(19)17-8-4-5-9-17/h1-3,6-7,10-12,14,17H,4-5,8-9,13H2,(H,23,28). The van der Waals surface area contributed by atoms with Crippen molar-refractivity contribution < 1.29 is 9.32 Å². The number of rotatable bonds is 5. The molecule has 1 amide bonds. The fourth-order valence-electron chi connectivity index (χ4n) is 3.94. The summed E-state index contributed by atoms with van der Waals surface area (Å²) in [5.74, 6) is 0.677. The summed E-state index contributed by atoms with van der Waals surface area (Å²) >= 11 is 0. The summed E-state index contributed by atoms with van der Waals surface area (Å²) in [6.45, 7) is 0.180. The fourth-order valence-corrected chi connectivity index (χ4v) is 3.94. The Balaban J connectivity index is 1.31. The minimum Gasteiger partial charge on any atom is -0.343 e. The highest BCUT2D eigenvalue weighted by molar-refractivity contribution is 5.94. The number of carbonyl (C=O) groups excluding carboxylic acids is 1. The summed E-state index contributed by atoms with van der Waals surface area (Å²) in [5, 5.41) is 6.85.